The van der Waals surface area contributed by atoms with Gasteiger partial charge in [0.1, 0.15) is 28.4 Å². The first kappa shape index (κ1) is 36.0. The molecule has 15 heteroatoms. The number of thioether (sulfide) groups is 2. The normalized spacial score (nSPS) is 18.4. The summed E-state index contributed by atoms with van der Waals surface area (Å²) in [5.41, 5.74) is 6.63. The molecular formula is C34H37N5O7S3. The molecule has 0 spiro atoms. The van der Waals surface area contributed by atoms with Gasteiger partial charge >= 0.3 is 11.9 Å². The lowest BCUT2D eigenvalue weighted by molar-refractivity contribution is -0.167. The first-order valence-corrected chi connectivity index (χ1v) is 18.4. The zero-order valence-electron chi connectivity index (χ0n) is 27.6. The van der Waals surface area contributed by atoms with Crippen molar-refractivity contribution < 1.29 is 33.5 Å². The molecule has 5 rings (SSSR count). The van der Waals surface area contributed by atoms with E-state index in [1.165, 1.54) is 40.7 Å². The Labute approximate surface area is 296 Å². The lowest BCUT2D eigenvalue weighted by Gasteiger charge is -2.49. The van der Waals surface area contributed by atoms with Gasteiger partial charge in [-0.2, -0.15) is 0 Å². The quantitative estimate of drug-likeness (QED) is 0.113. The third-order valence-corrected chi connectivity index (χ3v) is 10.3. The summed E-state index contributed by atoms with van der Waals surface area (Å²) >= 11 is 3.98. The van der Waals surface area contributed by atoms with Crippen molar-refractivity contribution in [2.24, 2.45) is 5.16 Å². The third-order valence-electron chi connectivity index (χ3n) is 7.18. The van der Waals surface area contributed by atoms with Crippen molar-refractivity contribution in [3.05, 3.63) is 93.5 Å². The highest BCUT2D eigenvalue weighted by Crippen LogP contribution is 2.44. The number of anilines is 1. The van der Waals surface area contributed by atoms with Crippen LogP contribution in [0.25, 0.3) is 0 Å². The number of hydrogen-bond donors (Lipinski definition) is 2. The van der Waals surface area contributed by atoms with Gasteiger partial charge in [-0.15, -0.1) is 34.9 Å². The number of nitrogen functional groups attached to an aromatic ring is 1. The van der Waals surface area contributed by atoms with Gasteiger partial charge in [-0.1, -0.05) is 72.7 Å². The molecular weight excluding hydrogens is 687 g/mol. The summed E-state index contributed by atoms with van der Waals surface area (Å²) in [6.45, 7) is 8.56. The molecule has 1 saturated heterocycles. The zero-order chi connectivity index (χ0) is 35.3. The predicted molar refractivity (Wildman–Crippen MR) is 190 cm³/mol. The summed E-state index contributed by atoms with van der Waals surface area (Å²) in [6, 6.07) is 17.8. The number of fused-ring (bicyclic) bond motifs is 1. The first-order valence-electron chi connectivity index (χ1n) is 15.5. The zero-order valence-corrected chi connectivity index (χ0v) is 30.0. The molecule has 2 aromatic carbocycles. The number of carbonyl (C=O) groups is 4. The number of nitrogens with zero attached hydrogens (tertiary/aromatic N) is 3. The van der Waals surface area contributed by atoms with E-state index in [0.717, 1.165) is 27.4 Å². The number of nitrogens with two attached hydrogens (primary N) is 1. The number of oxime groups is 1. The largest absolute Gasteiger partial charge is 0.457 e. The molecule has 1 aromatic heterocycles. The van der Waals surface area contributed by atoms with Gasteiger partial charge < -0.3 is 25.4 Å². The van der Waals surface area contributed by atoms with E-state index in [1.807, 2.05) is 67.6 Å². The summed E-state index contributed by atoms with van der Waals surface area (Å²) < 4.78 is 11.5. The molecule has 0 saturated carbocycles. The highest BCUT2D eigenvalue weighted by atomic mass is 32.2. The summed E-state index contributed by atoms with van der Waals surface area (Å²) in [5.74, 6) is -1.45. The Morgan fingerprint density at radius 1 is 1.10 bits per heavy atom. The number of amides is 2. The number of thiazole rings is 1. The van der Waals surface area contributed by atoms with Crippen LogP contribution in [0.2, 0.25) is 0 Å². The van der Waals surface area contributed by atoms with E-state index in [9.17, 15) is 19.2 Å². The smallest absolute Gasteiger partial charge is 0.356 e. The van der Waals surface area contributed by atoms with Gasteiger partial charge in [0.15, 0.2) is 16.9 Å². The van der Waals surface area contributed by atoms with Gasteiger partial charge in [0, 0.05) is 16.0 Å². The van der Waals surface area contributed by atoms with Crippen LogP contribution in [0, 0.1) is 0 Å². The molecule has 3 heterocycles. The number of nitrogens with one attached hydrogen (secondary N) is 1. The Hall–Kier alpha value is -4.34. The van der Waals surface area contributed by atoms with Crippen LogP contribution < -0.4 is 11.1 Å². The second kappa shape index (κ2) is 15.5. The molecule has 3 aromatic rings. The third kappa shape index (κ3) is 8.46. The maximum Gasteiger partial charge on any atom is 0.356 e. The van der Waals surface area contributed by atoms with E-state index in [0.29, 0.717) is 11.5 Å². The summed E-state index contributed by atoms with van der Waals surface area (Å²) in [6.07, 6.45) is -1.85. The average molecular weight is 724 g/mol. The standard InChI is InChI=1S/C34H37N5O7S3/c1-6-47-23-18-48-30-25(37-28(40)24(22-17-49-33(35)36-22)38-46-19(2)31(42)45-34(3,4)5)29(41)39(30)26(23)32(43)44-27(20-13-9-7-10-14-20)21-15-11-8-12-16-21/h7-17,19,25,27,30H,6,18H2,1-5H3,(H2,35,36)(H,37,40)/b38-24+/t19?,25?,30-/m1/s1. The molecule has 49 heavy (non-hydrogen) atoms. The number of benzene rings is 2. The number of rotatable bonds is 12. The van der Waals surface area contributed by atoms with Crippen molar-refractivity contribution in [1.29, 1.82) is 0 Å². The van der Waals surface area contributed by atoms with Gasteiger partial charge in [-0.25, -0.2) is 14.6 Å². The van der Waals surface area contributed by atoms with E-state index in [2.05, 4.69) is 15.5 Å². The van der Waals surface area contributed by atoms with Crippen molar-refractivity contribution in [2.45, 2.75) is 63.8 Å². The Balaban J connectivity index is 1.36. The SMILES string of the molecule is CCSC1=C(C(=O)OC(c2ccccc2)c2ccccc2)N2C(=O)C(NC(=O)/C(=N/OC(C)C(=O)OC(C)(C)C)c3csc(N)n3)[C@H]2SC1. The van der Waals surface area contributed by atoms with Crippen molar-refractivity contribution in [1.82, 2.24) is 15.2 Å². The Bertz CT molecular complexity index is 1720. The fraction of sp³-hybridized carbons (Fsp3) is 0.353. The number of β-lactam (4-membered cyclic amide) rings is 1. The lowest BCUT2D eigenvalue weighted by atomic mass is 10.0. The van der Waals surface area contributed by atoms with Crippen LogP contribution in [0.1, 0.15) is 57.5 Å². The lowest BCUT2D eigenvalue weighted by Crippen LogP contribution is -2.71. The molecule has 2 unspecified atom stereocenters. The predicted octanol–water partition coefficient (Wildman–Crippen LogP) is 4.87. The Kier molecular flexibility index (Phi) is 11.4. The minimum absolute atomic E-state index is 0.106. The highest BCUT2D eigenvalue weighted by molar-refractivity contribution is 8.06. The van der Waals surface area contributed by atoms with Gasteiger partial charge in [0.25, 0.3) is 11.8 Å². The van der Waals surface area contributed by atoms with Crippen molar-refractivity contribution in [2.75, 3.05) is 17.2 Å². The molecule has 2 aliphatic rings. The minimum atomic E-state index is -1.14. The van der Waals surface area contributed by atoms with Crippen LogP contribution in [0.3, 0.4) is 0 Å². The minimum Gasteiger partial charge on any atom is -0.457 e. The van der Waals surface area contributed by atoms with Crippen LogP contribution in [0.4, 0.5) is 5.13 Å². The first-order chi connectivity index (χ1) is 23.4. The van der Waals surface area contributed by atoms with Gasteiger partial charge in [-0.3, -0.25) is 14.5 Å². The summed E-state index contributed by atoms with van der Waals surface area (Å²) in [7, 11) is 0. The molecule has 0 aliphatic carbocycles. The van der Waals surface area contributed by atoms with E-state index in [-0.39, 0.29) is 22.2 Å². The van der Waals surface area contributed by atoms with Crippen LogP contribution in [-0.4, -0.2) is 74.0 Å². The molecule has 0 radical (unpaired) electrons. The average Bonchev–Trinajstić information content (AvgIpc) is 3.51. The second-order valence-electron chi connectivity index (χ2n) is 12.0. The van der Waals surface area contributed by atoms with Crippen LogP contribution in [0.15, 0.2) is 81.8 Å². The van der Waals surface area contributed by atoms with E-state index >= 15 is 0 Å². The van der Waals surface area contributed by atoms with Crippen LogP contribution in [0.5, 0.6) is 0 Å². The highest BCUT2D eigenvalue weighted by Gasteiger charge is 2.55. The molecule has 258 valence electrons. The van der Waals surface area contributed by atoms with Gasteiger partial charge in [0.05, 0.1) is 0 Å². The van der Waals surface area contributed by atoms with Crippen LogP contribution >= 0.6 is 34.9 Å². The Morgan fingerprint density at radius 2 is 1.73 bits per heavy atom. The number of carbonyl (C=O) groups excluding carboxylic acids is 4. The number of esters is 2. The molecule has 3 atom stereocenters. The topological polar surface area (TPSA) is 163 Å². The van der Waals surface area contributed by atoms with Crippen molar-refractivity contribution >= 4 is 69.5 Å². The molecule has 3 N–H and O–H groups in total. The van der Waals surface area contributed by atoms with Crippen LogP contribution in [-0.2, 0) is 33.5 Å². The number of hydrogen-bond acceptors (Lipinski definition) is 13. The maximum absolute atomic E-state index is 14.0. The Morgan fingerprint density at radius 3 is 2.29 bits per heavy atom. The molecule has 1 fully saturated rings. The number of aromatic nitrogens is 1. The summed E-state index contributed by atoms with van der Waals surface area (Å²) in [4.78, 5) is 65.5. The number of ether oxygens (including phenoxy) is 2. The van der Waals surface area contributed by atoms with Crippen molar-refractivity contribution in [3.8, 4) is 0 Å². The van der Waals surface area contributed by atoms with E-state index < -0.39 is 53.0 Å². The van der Waals surface area contributed by atoms with E-state index in [4.69, 9.17) is 20.0 Å². The van der Waals surface area contributed by atoms with E-state index in [1.54, 1.807) is 20.8 Å². The van der Waals surface area contributed by atoms with Crippen molar-refractivity contribution in [3.63, 3.8) is 0 Å². The van der Waals surface area contributed by atoms with Gasteiger partial charge in [-0.05, 0) is 44.6 Å². The maximum atomic E-state index is 14.0. The fourth-order valence-corrected chi connectivity index (χ4v) is 7.93. The monoisotopic (exact) mass is 723 g/mol. The molecule has 2 amide bonds. The summed E-state index contributed by atoms with van der Waals surface area (Å²) in [5, 5.41) is 7.78. The van der Waals surface area contributed by atoms with Gasteiger partial charge in [0.2, 0.25) is 6.10 Å². The second-order valence-corrected chi connectivity index (χ2v) is 15.3. The molecule has 0 bridgehead atoms. The fourth-order valence-electron chi connectivity index (χ4n) is 4.98. The molecule has 2 aliphatic heterocycles. The molecule has 12 nitrogen and oxygen atoms in total.